The summed E-state index contributed by atoms with van der Waals surface area (Å²) < 4.78 is 5.21. The highest BCUT2D eigenvalue weighted by atomic mass is 32.1. The van der Waals surface area contributed by atoms with Crippen molar-refractivity contribution in [3.63, 3.8) is 0 Å². The van der Waals surface area contributed by atoms with E-state index in [0.717, 1.165) is 0 Å². The first-order valence-corrected chi connectivity index (χ1v) is 8.14. The lowest BCUT2D eigenvalue weighted by atomic mass is 10.7. The molecule has 4 fully saturated rings. The van der Waals surface area contributed by atoms with Crippen LogP contribution in [-0.4, -0.2) is 26.2 Å². The van der Waals surface area contributed by atoms with Crippen LogP contribution in [0.5, 0.6) is 0 Å². The monoisotopic (exact) mass is 240 g/mol. The number of fused-ring (bicyclic) bond motifs is 1. The second-order valence-electron chi connectivity index (χ2n) is 2.76. The number of carbonyl (C=O) groups excluding carboxylic acids is 2. The molecule has 6 atom stereocenters. The second-order valence-corrected chi connectivity index (χ2v) is 12.5. The number of hydrogen-bond donors (Lipinski definition) is 1. The standard InChI is InChI=1S/C4H4O4P4/c5-1-3(7)8-4(9)11(1)12(4)2(6)10-3/h7,10H,9H2/t3-,4+,11?,12?/m0/s1. The number of carbonyl (C=O) groups is 2. The summed E-state index contributed by atoms with van der Waals surface area (Å²) in [7, 11) is 0.217. The van der Waals surface area contributed by atoms with Crippen molar-refractivity contribution in [1.82, 2.24) is 0 Å². The molecule has 4 heterocycles. The van der Waals surface area contributed by atoms with Gasteiger partial charge in [0.1, 0.15) is 4.82 Å². The van der Waals surface area contributed by atoms with Crippen molar-refractivity contribution in [2.24, 2.45) is 0 Å². The predicted molar refractivity (Wildman–Crippen MR) is 51.0 cm³/mol. The third-order valence-electron chi connectivity index (χ3n) is 2.02. The van der Waals surface area contributed by atoms with Crippen LogP contribution < -0.4 is 0 Å². The molecular formula is C4H4O4P4. The van der Waals surface area contributed by atoms with Gasteiger partial charge < -0.3 is 9.84 Å². The lowest BCUT2D eigenvalue weighted by Gasteiger charge is -2.29. The molecule has 12 heavy (non-hydrogen) atoms. The van der Waals surface area contributed by atoms with Gasteiger partial charge in [-0.05, 0) is 0 Å². The Hall–Kier alpha value is 0.980. The SMILES string of the molecule is O=C1P[C@@]2(O)O[C@]3(P)P1P3C2=O. The second kappa shape index (κ2) is 1.98. The first-order valence-electron chi connectivity index (χ1n) is 3.17. The molecule has 4 rings (SSSR count). The molecule has 4 aliphatic rings. The summed E-state index contributed by atoms with van der Waals surface area (Å²) in [6, 6.07) is 0. The molecule has 64 valence electrons. The molecule has 0 saturated carbocycles. The quantitative estimate of drug-likeness (QED) is 0.649. The van der Waals surface area contributed by atoms with Crippen molar-refractivity contribution in [3.05, 3.63) is 0 Å². The molecule has 0 aromatic heterocycles. The minimum Gasteiger partial charge on any atom is -0.356 e. The zero-order valence-electron chi connectivity index (χ0n) is 5.64. The van der Waals surface area contributed by atoms with E-state index in [2.05, 4.69) is 9.24 Å². The number of hydrogen-bond acceptors (Lipinski definition) is 4. The minimum atomic E-state index is -1.72. The van der Waals surface area contributed by atoms with Crippen LogP contribution in [0.15, 0.2) is 0 Å². The summed E-state index contributed by atoms with van der Waals surface area (Å²) in [6.07, 6.45) is 0. The van der Waals surface area contributed by atoms with E-state index in [1.54, 1.807) is 0 Å². The molecule has 8 heteroatoms. The highest BCUT2D eigenvalue weighted by molar-refractivity contribution is 8.64. The Balaban J connectivity index is 2.16. The molecule has 4 saturated heterocycles. The third kappa shape index (κ3) is 0.684. The van der Waals surface area contributed by atoms with Crippen LogP contribution in [0.3, 0.4) is 0 Å². The van der Waals surface area contributed by atoms with Crippen LogP contribution in [0.25, 0.3) is 0 Å². The summed E-state index contributed by atoms with van der Waals surface area (Å²) >= 11 is 0. The van der Waals surface area contributed by atoms with Crippen LogP contribution in [0.2, 0.25) is 0 Å². The zero-order chi connectivity index (χ0) is 8.72. The fourth-order valence-electron chi connectivity index (χ4n) is 1.46. The third-order valence-corrected chi connectivity index (χ3v) is 14.8. The Bertz CT molecular complexity index is 331. The molecule has 4 bridgehead atoms. The van der Waals surface area contributed by atoms with E-state index >= 15 is 0 Å². The molecule has 0 radical (unpaired) electrons. The van der Waals surface area contributed by atoms with Gasteiger partial charge in [-0.3, -0.25) is 9.59 Å². The van der Waals surface area contributed by atoms with Crippen LogP contribution >= 0.6 is 33.0 Å². The normalized spacial score (nSPS) is 62.8. The number of aliphatic hydroxyl groups is 1. The summed E-state index contributed by atoms with van der Waals surface area (Å²) in [5, 5.41) is 9.64. The van der Waals surface area contributed by atoms with E-state index in [1.807, 2.05) is 0 Å². The average molecular weight is 240 g/mol. The van der Waals surface area contributed by atoms with E-state index in [4.69, 9.17) is 4.74 Å². The van der Waals surface area contributed by atoms with Crippen molar-refractivity contribution in [2.75, 3.05) is 0 Å². The summed E-state index contributed by atoms with van der Waals surface area (Å²) in [5.41, 5.74) is -1.93. The fraction of sp³-hybridized carbons (Fsp3) is 0.500. The smallest absolute Gasteiger partial charge is 0.256 e. The maximum Gasteiger partial charge on any atom is 0.256 e. The summed E-state index contributed by atoms with van der Waals surface area (Å²) in [4.78, 5) is 22.1. The molecule has 0 amide bonds. The fourth-order valence-corrected chi connectivity index (χ4v) is 15.5. The van der Waals surface area contributed by atoms with Crippen molar-refractivity contribution in [3.8, 4) is 0 Å². The Morgan fingerprint density at radius 3 is 2.58 bits per heavy atom. The summed E-state index contributed by atoms with van der Waals surface area (Å²) in [5.74, 6) is 0. The Morgan fingerprint density at radius 1 is 1.50 bits per heavy atom. The first kappa shape index (κ1) is 8.30. The van der Waals surface area contributed by atoms with Gasteiger partial charge in [0.2, 0.25) is 5.52 Å². The van der Waals surface area contributed by atoms with E-state index in [0.29, 0.717) is 0 Å². The zero-order valence-corrected chi connectivity index (χ0v) is 9.59. The van der Waals surface area contributed by atoms with Gasteiger partial charge >= 0.3 is 0 Å². The molecule has 4 aliphatic heterocycles. The van der Waals surface area contributed by atoms with Gasteiger partial charge in [0.05, 0.1) is 7.61 Å². The largest absolute Gasteiger partial charge is 0.356 e. The molecule has 4 nitrogen and oxygen atoms in total. The lowest BCUT2D eigenvalue weighted by Crippen LogP contribution is -2.36. The molecule has 4 unspecified atom stereocenters. The van der Waals surface area contributed by atoms with Crippen molar-refractivity contribution >= 4 is 43.8 Å². The Labute approximate surface area is 74.2 Å². The highest BCUT2D eigenvalue weighted by Gasteiger charge is 2.84. The van der Waals surface area contributed by atoms with Gasteiger partial charge in [0.25, 0.3) is 5.53 Å². The van der Waals surface area contributed by atoms with Gasteiger partial charge in [-0.15, -0.1) is 0 Å². The molecule has 0 aliphatic carbocycles. The van der Waals surface area contributed by atoms with Gasteiger partial charge in [-0.2, -0.15) is 0 Å². The lowest BCUT2D eigenvalue weighted by molar-refractivity contribution is -0.153. The Morgan fingerprint density at radius 2 is 2.17 bits per heavy atom. The van der Waals surface area contributed by atoms with Crippen LogP contribution in [-0.2, 0) is 9.53 Å². The number of ether oxygens (including phenoxy) is 1. The van der Waals surface area contributed by atoms with Gasteiger partial charge in [-0.1, -0.05) is 9.24 Å². The van der Waals surface area contributed by atoms with Gasteiger partial charge in [0.15, 0.2) is 5.27 Å². The van der Waals surface area contributed by atoms with Gasteiger partial charge in [0, 0.05) is 16.2 Å². The Kier molecular flexibility index (Phi) is 1.37. The van der Waals surface area contributed by atoms with Crippen LogP contribution in [0, 0.1) is 0 Å². The van der Waals surface area contributed by atoms with E-state index in [-0.39, 0.29) is 19.4 Å². The number of rotatable bonds is 0. The van der Waals surface area contributed by atoms with Crippen LogP contribution in [0.4, 0.5) is 4.79 Å². The molecule has 0 spiro atoms. The maximum atomic E-state index is 11.4. The van der Waals surface area contributed by atoms with Gasteiger partial charge in [-0.25, -0.2) is 0 Å². The van der Waals surface area contributed by atoms with E-state index < -0.39 is 25.6 Å². The molecule has 0 aromatic rings. The highest BCUT2D eigenvalue weighted by Crippen LogP contribution is 3.12. The topological polar surface area (TPSA) is 63.6 Å². The van der Waals surface area contributed by atoms with Crippen molar-refractivity contribution < 1.29 is 19.4 Å². The average Bonchev–Trinajstić information content (AvgIpc) is 2.46. The summed E-state index contributed by atoms with van der Waals surface area (Å²) in [6.45, 7) is 0. The van der Waals surface area contributed by atoms with Crippen molar-refractivity contribution in [2.45, 2.75) is 10.4 Å². The van der Waals surface area contributed by atoms with E-state index in [1.165, 1.54) is 0 Å². The minimum absolute atomic E-state index is 0.0689. The van der Waals surface area contributed by atoms with Crippen LogP contribution in [0.1, 0.15) is 0 Å². The first-order chi connectivity index (χ1) is 5.49. The molecule has 0 aromatic carbocycles. The molecular weight excluding hydrogens is 236 g/mol. The maximum absolute atomic E-state index is 11.4. The predicted octanol–water partition coefficient (Wildman–Crippen LogP) is 1.38. The van der Waals surface area contributed by atoms with Crippen molar-refractivity contribution in [1.29, 1.82) is 0 Å². The molecule has 1 N–H and O–H groups in total. The van der Waals surface area contributed by atoms with E-state index in [9.17, 15) is 14.7 Å².